The van der Waals surface area contributed by atoms with Crippen molar-refractivity contribution in [3.8, 4) is 0 Å². The number of hydrogen-bond acceptors (Lipinski definition) is 4. The van der Waals surface area contributed by atoms with Crippen molar-refractivity contribution in [2.75, 3.05) is 13.6 Å². The van der Waals surface area contributed by atoms with Crippen LogP contribution in [0.2, 0.25) is 0 Å². The summed E-state index contributed by atoms with van der Waals surface area (Å²) in [6.45, 7) is 9.72. The molecule has 2 aliphatic rings. The number of rotatable bonds is 5. The standard InChI is InChI=1S/C20H34N2O5/c1-13(2)11-14(21(6)18(26)27-19(3,4)5)16(23)22-10-9-20(7-8-20)12-15(22)17(24)25/h13-15H,7-12H2,1-6H3,(H,24,25)/t14-,15?/m0/s1. The largest absolute Gasteiger partial charge is 0.480 e. The van der Waals surface area contributed by atoms with E-state index in [1.807, 2.05) is 13.8 Å². The summed E-state index contributed by atoms with van der Waals surface area (Å²) in [4.78, 5) is 40.4. The molecule has 2 atom stereocenters. The van der Waals surface area contributed by atoms with E-state index in [1.54, 1.807) is 27.8 Å². The van der Waals surface area contributed by atoms with Crippen LogP contribution in [0.25, 0.3) is 0 Å². The number of carbonyl (C=O) groups is 3. The molecule has 154 valence electrons. The quantitative estimate of drug-likeness (QED) is 0.789. The van der Waals surface area contributed by atoms with Crippen LogP contribution in [0, 0.1) is 11.3 Å². The van der Waals surface area contributed by atoms with Gasteiger partial charge in [-0.1, -0.05) is 13.8 Å². The highest BCUT2D eigenvalue weighted by Crippen LogP contribution is 2.55. The molecule has 1 saturated carbocycles. The number of nitrogens with zero attached hydrogens (tertiary/aromatic N) is 2. The monoisotopic (exact) mass is 382 g/mol. The topological polar surface area (TPSA) is 87.2 Å². The van der Waals surface area contributed by atoms with Gasteiger partial charge in [-0.15, -0.1) is 0 Å². The minimum atomic E-state index is -0.961. The number of carboxylic acids is 1. The molecule has 1 heterocycles. The summed E-state index contributed by atoms with van der Waals surface area (Å²) < 4.78 is 5.42. The fraction of sp³-hybridized carbons (Fsp3) is 0.850. The maximum atomic E-state index is 13.3. The molecular formula is C20H34N2O5. The van der Waals surface area contributed by atoms with Crippen molar-refractivity contribution in [3.63, 3.8) is 0 Å². The molecule has 1 aliphatic carbocycles. The van der Waals surface area contributed by atoms with E-state index < -0.39 is 29.7 Å². The SMILES string of the molecule is CC(C)C[C@@H](C(=O)N1CCC2(CC2)CC1C(=O)O)N(C)C(=O)OC(C)(C)C. The van der Waals surface area contributed by atoms with E-state index in [0.717, 1.165) is 19.3 Å². The van der Waals surface area contributed by atoms with Crippen LogP contribution < -0.4 is 0 Å². The first-order valence-electron chi connectivity index (χ1n) is 9.84. The second-order valence-corrected chi connectivity index (χ2v) is 9.58. The molecule has 1 saturated heterocycles. The van der Waals surface area contributed by atoms with Gasteiger partial charge in [-0.25, -0.2) is 9.59 Å². The molecule has 2 rings (SSSR count). The van der Waals surface area contributed by atoms with Crippen molar-refractivity contribution in [3.05, 3.63) is 0 Å². The Bertz CT molecular complexity index is 592. The number of hydrogen-bond donors (Lipinski definition) is 1. The molecule has 0 radical (unpaired) electrons. The first-order chi connectivity index (χ1) is 12.4. The maximum absolute atomic E-state index is 13.3. The third-order valence-electron chi connectivity index (χ3n) is 5.54. The van der Waals surface area contributed by atoms with E-state index in [2.05, 4.69) is 0 Å². The average molecular weight is 383 g/mol. The average Bonchev–Trinajstić information content (AvgIpc) is 3.28. The number of piperidine rings is 1. The molecule has 0 aromatic rings. The Balaban J connectivity index is 2.20. The van der Waals surface area contributed by atoms with Gasteiger partial charge in [0.1, 0.15) is 17.7 Å². The van der Waals surface area contributed by atoms with Gasteiger partial charge in [-0.2, -0.15) is 0 Å². The fourth-order valence-corrected chi connectivity index (χ4v) is 3.77. The molecule has 0 bridgehead atoms. The van der Waals surface area contributed by atoms with Crippen LogP contribution in [-0.4, -0.2) is 64.2 Å². The normalized spacial score (nSPS) is 22.5. The van der Waals surface area contributed by atoms with E-state index in [9.17, 15) is 19.5 Å². The van der Waals surface area contributed by atoms with Gasteiger partial charge in [-0.3, -0.25) is 9.69 Å². The first kappa shape index (κ1) is 21.5. The Kier molecular flexibility index (Phi) is 6.12. The molecule has 1 unspecified atom stereocenters. The molecule has 7 heteroatoms. The van der Waals surface area contributed by atoms with E-state index in [-0.39, 0.29) is 17.2 Å². The number of amides is 2. The Morgan fingerprint density at radius 2 is 1.81 bits per heavy atom. The second-order valence-electron chi connectivity index (χ2n) is 9.58. The van der Waals surface area contributed by atoms with Crippen molar-refractivity contribution < 1.29 is 24.2 Å². The molecule has 1 N–H and O–H groups in total. The predicted octanol–water partition coefficient (Wildman–Crippen LogP) is 3.12. The predicted molar refractivity (Wildman–Crippen MR) is 101 cm³/mol. The summed E-state index contributed by atoms with van der Waals surface area (Å²) >= 11 is 0. The molecule has 1 spiro atoms. The van der Waals surface area contributed by atoms with E-state index >= 15 is 0 Å². The van der Waals surface area contributed by atoms with Gasteiger partial charge in [0.25, 0.3) is 0 Å². The lowest BCUT2D eigenvalue weighted by Crippen LogP contribution is -2.57. The second kappa shape index (κ2) is 7.68. The molecule has 27 heavy (non-hydrogen) atoms. The van der Waals surface area contributed by atoms with Crippen molar-refractivity contribution in [2.45, 2.75) is 84.4 Å². The summed E-state index contributed by atoms with van der Waals surface area (Å²) in [7, 11) is 1.56. The fourth-order valence-electron chi connectivity index (χ4n) is 3.77. The number of ether oxygens (including phenoxy) is 1. The van der Waals surface area contributed by atoms with Gasteiger partial charge in [0.15, 0.2) is 0 Å². The van der Waals surface area contributed by atoms with Crippen molar-refractivity contribution in [1.29, 1.82) is 0 Å². The van der Waals surface area contributed by atoms with Gasteiger partial charge in [0.2, 0.25) is 5.91 Å². The zero-order chi connectivity index (χ0) is 20.6. The summed E-state index contributed by atoms with van der Waals surface area (Å²) in [6, 6.07) is -1.54. The van der Waals surface area contributed by atoms with Gasteiger partial charge in [0, 0.05) is 13.6 Å². The maximum Gasteiger partial charge on any atom is 0.410 e. The highest BCUT2D eigenvalue weighted by molar-refractivity contribution is 5.89. The van der Waals surface area contributed by atoms with Gasteiger partial charge in [-0.05, 0) is 64.2 Å². The van der Waals surface area contributed by atoms with Crippen LogP contribution in [0.3, 0.4) is 0 Å². The highest BCUT2D eigenvalue weighted by atomic mass is 16.6. The Morgan fingerprint density at radius 3 is 2.26 bits per heavy atom. The molecular weight excluding hydrogens is 348 g/mol. The van der Waals surface area contributed by atoms with Crippen LogP contribution in [0.1, 0.15) is 66.7 Å². The minimum absolute atomic E-state index is 0.116. The zero-order valence-electron chi connectivity index (χ0n) is 17.4. The van der Waals surface area contributed by atoms with Crippen LogP contribution in [-0.2, 0) is 14.3 Å². The van der Waals surface area contributed by atoms with Crippen LogP contribution >= 0.6 is 0 Å². The van der Waals surface area contributed by atoms with Crippen molar-refractivity contribution >= 4 is 18.0 Å². The lowest BCUT2D eigenvalue weighted by molar-refractivity contribution is -0.156. The third-order valence-corrected chi connectivity index (χ3v) is 5.54. The number of likely N-dealkylation sites (tertiary alicyclic amines) is 1. The lowest BCUT2D eigenvalue weighted by Gasteiger charge is -2.41. The molecule has 0 aromatic heterocycles. The minimum Gasteiger partial charge on any atom is -0.480 e. The molecule has 7 nitrogen and oxygen atoms in total. The number of carbonyl (C=O) groups excluding carboxylic acids is 2. The summed E-state index contributed by atoms with van der Waals surface area (Å²) in [5, 5.41) is 9.68. The lowest BCUT2D eigenvalue weighted by atomic mass is 9.87. The highest BCUT2D eigenvalue weighted by Gasteiger charge is 2.52. The molecule has 1 aliphatic heterocycles. The number of aliphatic carboxylic acids is 1. The summed E-state index contributed by atoms with van der Waals surface area (Å²) in [6.07, 6.45) is 3.34. The zero-order valence-corrected chi connectivity index (χ0v) is 17.4. The first-order valence-corrected chi connectivity index (χ1v) is 9.84. The van der Waals surface area contributed by atoms with Crippen LogP contribution in [0.4, 0.5) is 4.79 Å². The summed E-state index contributed by atoms with van der Waals surface area (Å²) in [5.74, 6) is -1.08. The van der Waals surface area contributed by atoms with E-state index in [0.29, 0.717) is 19.4 Å². The van der Waals surface area contributed by atoms with E-state index in [4.69, 9.17) is 4.74 Å². The number of likely N-dealkylation sites (N-methyl/N-ethyl adjacent to an activating group) is 1. The van der Waals surface area contributed by atoms with Gasteiger partial charge >= 0.3 is 12.1 Å². The van der Waals surface area contributed by atoms with Crippen LogP contribution in [0.5, 0.6) is 0 Å². The van der Waals surface area contributed by atoms with E-state index in [1.165, 1.54) is 9.80 Å². The molecule has 0 aromatic carbocycles. The molecule has 2 fully saturated rings. The van der Waals surface area contributed by atoms with Gasteiger partial charge in [0.05, 0.1) is 0 Å². The third kappa shape index (κ3) is 5.36. The Morgan fingerprint density at radius 1 is 1.22 bits per heavy atom. The summed E-state index contributed by atoms with van der Waals surface area (Å²) in [5.41, 5.74) is -0.547. The van der Waals surface area contributed by atoms with Crippen LogP contribution in [0.15, 0.2) is 0 Å². The smallest absolute Gasteiger partial charge is 0.410 e. The number of carboxylic acid groups (broad SMARTS) is 1. The van der Waals surface area contributed by atoms with Crippen molar-refractivity contribution in [1.82, 2.24) is 9.80 Å². The Hall–Kier alpha value is -1.79. The van der Waals surface area contributed by atoms with Crippen molar-refractivity contribution in [2.24, 2.45) is 11.3 Å². The Labute approximate surface area is 162 Å². The molecule has 2 amide bonds. The van der Waals surface area contributed by atoms with Gasteiger partial charge < -0.3 is 14.7 Å².